The van der Waals surface area contributed by atoms with Gasteiger partial charge in [0.1, 0.15) is 11.4 Å². The molecule has 4 nitrogen and oxygen atoms in total. The van der Waals surface area contributed by atoms with E-state index < -0.39 is 28.1 Å². The van der Waals surface area contributed by atoms with Crippen LogP contribution in [-0.2, 0) is 6.18 Å². The van der Waals surface area contributed by atoms with Crippen molar-refractivity contribution in [1.29, 1.82) is 0 Å². The second kappa shape index (κ2) is 6.56. The van der Waals surface area contributed by atoms with Gasteiger partial charge in [0.2, 0.25) is 0 Å². The molecule has 144 valence electrons. The van der Waals surface area contributed by atoms with Crippen LogP contribution >= 0.6 is 11.6 Å². The van der Waals surface area contributed by atoms with E-state index in [4.69, 9.17) is 11.6 Å². The van der Waals surface area contributed by atoms with Crippen LogP contribution in [0.3, 0.4) is 0 Å². The van der Waals surface area contributed by atoms with Gasteiger partial charge in [-0.15, -0.1) is 0 Å². The molecule has 3 aliphatic heterocycles. The molecule has 3 aliphatic rings. The largest absolute Gasteiger partial charge is 0.420 e. The van der Waals surface area contributed by atoms with E-state index in [2.05, 4.69) is 15.4 Å². The highest BCUT2D eigenvalue weighted by Gasteiger charge is 2.48. The Bertz CT molecular complexity index is 727. The topological polar surface area (TPSA) is 47.9 Å². The van der Waals surface area contributed by atoms with Crippen LogP contribution in [0.5, 0.6) is 0 Å². The molecule has 0 saturated carbocycles. The summed E-state index contributed by atoms with van der Waals surface area (Å²) in [5, 5.41) is 14.7. The molecule has 3 fully saturated rings. The summed E-state index contributed by atoms with van der Waals surface area (Å²) in [4.78, 5) is 2.28. The van der Waals surface area contributed by atoms with Gasteiger partial charge in [-0.05, 0) is 57.8 Å². The van der Waals surface area contributed by atoms with Gasteiger partial charge in [-0.1, -0.05) is 16.8 Å². The molecule has 3 heterocycles. The average Bonchev–Trinajstić information content (AvgIpc) is 2.55. The Hall–Kier alpha value is -1.54. The van der Waals surface area contributed by atoms with Gasteiger partial charge < -0.3 is 10.5 Å². The SMILES string of the molecule is CC1(C)[C@H](N/C(=N/O)c2ccc(Cl)c(C(F)(F)F)c2F)C2CCN1CC2. The zero-order valence-electron chi connectivity index (χ0n) is 14.4. The summed E-state index contributed by atoms with van der Waals surface area (Å²) in [5.74, 6) is -1.61. The number of hydrogen-bond donors (Lipinski definition) is 2. The number of rotatable bonds is 2. The highest BCUT2D eigenvalue weighted by molar-refractivity contribution is 6.31. The third kappa shape index (κ3) is 3.13. The van der Waals surface area contributed by atoms with Gasteiger partial charge in [0.05, 0.1) is 10.6 Å². The van der Waals surface area contributed by atoms with Crippen molar-refractivity contribution in [3.63, 3.8) is 0 Å². The van der Waals surface area contributed by atoms with Crippen molar-refractivity contribution in [3.8, 4) is 0 Å². The van der Waals surface area contributed by atoms with Gasteiger partial charge in [0.25, 0.3) is 0 Å². The molecule has 0 radical (unpaired) electrons. The lowest BCUT2D eigenvalue weighted by atomic mass is 9.72. The maximum atomic E-state index is 14.6. The fourth-order valence-electron chi connectivity index (χ4n) is 4.18. The third-order valence-corrected chi connectivity index (χ3v) is 5.92. The number of nitrogens with zero attached hydrogens (tertiary/aromatic N) is 2. The van der Waals surface area contributed by atoms with Gasteiger partial charge >= 0.3 is 6.18 Å². The summed E-state index contributed by atoms with van der Waals surface area (Å²) in [6, 6.07) is 1.86. The average molecular weight is 394 g/mol. The first-order valence-electron chi connectivity index (χ1n) is 8.36. The van der Waals surface area contributed by atoms with Gasteiger partial charge in [0, 0.05) is 11.6 Å². The zero-order valence-corrected chi connectivity index (χ0v) is 15.1. The van der Waals surface area contributed by atoms with Crippen LogP contribution < -0.4 is 5.32 Å². The molecule has 3 saturated heterocycles. The van der Waals surface area contributed by atoms with Gasteiger partial charge in [-0.2, -0.15) is 13.2 Å². The molecule has 2 N–H and O–H groups in total. The fraction of sp³-hybridized carbons (Fsp3) is 0.588. The summed E-state index contributed by atoms with van der Waals surface area (Å²) in [7, 11) is 0. The number of amidine groups is 1. The van der Waals surface area contributed by atoms with Gasteiger partial charge in [-0.25, -0.2) is 4.39 Å². The molecule has 9 heteroatoms. The Balaban J connectivity index is 1.96. The Labute approximate surface area is 153 Å². The monoisotopic (exact) mass is 393 g/mol. The zero-order chi connectivity index (χ0) is 19.3. The van der Waals surface area contributed by atoms with E-state index in [0.717, 1.165) is 38.1 Å². The molecular formula is C17H20ClF4N3O. The first kappa shape index (κ1) is 19.2. The maximum Gasteiger partial charge on any atom is 0.420 e. The second-order valence-corrected chi connectivity index (χ2v) is 7.74. The number of piperidine rings is 3. The quantitative estimate of drug-likeness (QED) is 0.261. The number of oxime groups is 1. The van der Waals surface area contributed by atoms with Crippen LogP contribution in [0.15, 0.2) is 17.3 Å². The van der Waals surface area contributed by atoms with Crippen LogP contribution in [0.2, 0.25) is 5.02 Å². The number of halogens is 5. The first-order chi connectivity index (χ1) is 12.1. The van der Waals surface area contributed by atoms with Crippen LogP contribution in [0.4, 0.5) is 17.6 Å². The molecule has 0 aliphatic carbocycles. The normalized spacial score (nSPS) is 28.3. The number of nitrogens with one attached hydrogen (secondary N) is 1. The molecular weight excluding hydrogens is 374 g/mol. The van der Waals surface area contributed by atoms with E-state index >= 15 is 0 Å². The molecule has 26 heavy (non-hydrogen) atoms. The Kier molecular flexibility index (Phi) is 4.85. The van der Waals surface area contributed by atoms with Crippen molar-refractivity contribution >= 4 is 17.4 Å². The van der Waals surface area contributed by atoms with E-state index in [0.29, 0.717) is 0 Å². The minimum absolute atomic E-state index is 0.180. The lowest BCUT2D eigenvalue weighted by molar-refractivity contribution is -0.139. The molecule has 1 aromatic carbocycles. The molecule has 0 spiro atoms. The molecule has 0 unspecified atom stereocenters. The molecule has 0 aromatic heterocycles. The van der Waals surface area contributed by atoms with Gasteiger partial charge in [0.15, 0.2) is 5.84 Å². The van der Waals surface area contributed by atoms with Crippen LogP contribution in [0.1, 0.15) is 37.8 Å². The Morgan fingerprint density at radius 3 is 2.42 bits per heavy atom. The smallest absolute Gasteiger partial charge is 0.409 e. The standard InChI is InChI=1S/C17H20ClF4N3O/c1-16(2)14(9-5-7-25(16)8-6-9)23-15(24-26)10-3-4-11(18)12(13(10)19)17(20,21)22/h3-4,9,14,26H,5-8H2,1-2H3,(H,23,24)/t14-/m1/s1. The second-order valence-electron chi connectivity index (χ2n) is 7.33. The van der Waals surface area contributed by atoms with E-state index in [1.165, 1.54) is 0 Å². The number of alkyl halides is 3. The van der Waals surface area contributed by atoms with Crippen molar-refractivity contribution in [2.24, 2.45) is 11.1 Å². The highest BCUT2D eigenvalue weighted by Crippen LogP contribution is 2.40. The maximum absolute atomic E-state index is 14.6. The lowest BCUT2D eigenvalue weighted by Gasteiger charge is -2.56. The third-order valence-electron chi connectivity index (χ3n) is 5.61. The van der Waals surface area contributed by atoms with E-state index in [1.54, 1.807) is 0 Å². The Morgan fingerprint density at radius 1 is 1.31 bits per heavy atom. The molecule has 1 atom stereocenters. The number of fused-ring (bicyclic) bond motifs is 3. The minimum Gasteiger partial charge on any atom is -0.409 e. The van der Waals surface area contributed by atoms with E-state index in [-0.39, 0.29) is 23.3 Å². The predicted octanol–water partition coefficient (Wildman–Crippen LogP) is 4.10. The number of hydrogen-bond acceptors (Lipinski definition) is 3. The fourth-order valence-corrected chi connectivity index (χ4v) is 4.43. The van der Waals surface area contributed by atoms with E-state index in [1.807, 2.05) is 13.8 Å². The van der Waals surface area contributed by atoms with Crippen LogP contribution in [0.25, 0.3) is 0 Å². The number of benzene rings is 1. The summed E-state index contributed by atoms with van der Waals surface area (Å²) < 4.78 is 53.9. The highest BCUT2D eigenvalue weighted by atomic mass is 35.5. The van der Waals surface area contributed by atoms with Gasteiger partial charge in [-0.3, -0.25) is 4.90 Å². The van der Waals surface area contributed by atoms with Crippen molar-refractivity contribution in [2.45, 2.75) is 44.4 Å². The lowest BCUT2D eigenvalue weighted by Crippen LogP contribution is -2.69. The van der Waals surface area contributed by atoms with Crippen LogP contribution in [0, 0.1) is 11.7 Å². The van der Waals surface area contributed by atoms with Crippen molar-refractivity contribution < 1.29 is 22.8 Å². The summed E-state index contributed by atoms with van der Waals surface area (Å²) in [6.07, 6.45) is -3.10. The molecule has 4 rings (SSSR count). The molecule has 0 amide bonds. The molecule has 2 bridgehead atoms. The van der Waals surface area contributed by atoms with Crippen LogP contribution in [-0.4, -0.2) is 40.6 Å². The van der Waals surface area contributed by atoms with Crippen molar-refractivity contribution in [2.75, 3.05) is 13.1 Å². The van der Waals surface area contributed by atoms with Crippen molar-refractivity contribution in [1.82, 2.24) is 10.2 Å². The minimum atomic E-state index is -4.95. The molecule has 1 aromatic rings. The first-order valence-corrected chi connectivity index (χ1v) is 8.74. The Morgan fingerprint density at radius 2 is 1.92 bits per heavy atom. The van der Waals surface area contributed by atoms with E-state index in [9.17, 15) is 22.8 Å². The summed E-state index contributed by atoms with van der Waals surface area (Å²) in [5.41, 5.74) is -2.32. The summed E-state index contributed by atoms with van der Waals surface area (Å²) >= 11 is 5.53. The van der Waals surface area contributed by atoms with Crippen molar-refractivity contribution in [3.05, 3.63) is 34.1 Å². The predicted molar refractivity (Wildman–Crippen MR) is 90.0 cm³/mol. The summed E-state index contributed by atoms with van der Waals surface area (Å²) in [6.45, 7) is 5.92.